The zero-order valence-electron chi connectivity index (χ0n) is 15.1. The number of hydrogen-bond acceptors (Lipinski definition) is 6. The molecule has 1 aliphatic heterocycles. The maximum atomic E-state index is 6.08. The molecule has 2 aromatic heterocycles. The molecule has 1 atom stereocenters. The Hall–Kier alpha value is -2.12. The Kier molecular flexibility index (Phi) is 5.06. The molecule has 4 rings (SSSR count). The Bertz CT molecular complexity index is 917. The predicted octanol–water partition coefficient (Wildman–Crippen LogP) is 4.60. The molecular formula is C18H20Cl2N6O. The summed E-state index contributed by atoms with van der Waals surface area (Å²) in [7, 11) is 0. The van der Waals surface area contributed by atoms with Gasteiger partial charge in [-0.05, 0) is 44.9 Å². The summed E-state index contributed by atoms with van der Waals surface area (Å²) in [6, 6.07) is 6.04. The second-order valence-electron chi connectivity index (χ2n) is 7.03. The van der Waals surface area contributed by atoms with Crippen molar-refractivity contribution < 1.29 is 4.52 Å². The van der Waals surface area contributed by atoms with Gasteiger partial charge in [0, 0.05) is 40.7 Å². The third kappa shape index (κ3) is 3.80. The molecule has 0 saturated carbocycles. The van der Waals surface area contributed by atoms with Crippen LogP contribution >= 0.6 is 23.2 Å². The van der Waals surface area contributed by atoms with Gasteiger partial charge in [-0.15, -0.1) is 10.2 Å². The molecule has 3 heterocycles. The smallest absolute Gasteiger partial charge is 0.324 e. The van der Waals surface area contributed by atoms with Crippen LogP contribution in [0.4, 0.5) is 6.01 Å². The van der Waals surface area contributed by atoms with Gasteiger partial charge >= 0.3 is 6.01 Å². The maximum Gasteiger partial charge on any atom is 0.324 e. The summed E-state index contributed by atoms with van der Waals surface area (Å²) in [5, 5.41) is 13.6. The van der Waals surface area contributed by atoms with E-state index in [0.29, 0.717) is 27.9 Å². The van der Waals surface area contributed by atoms with Crippen LogP contribution in [0.2, 0.25) is 10.0 Å². The van der Waals surface area contributed by atoms with E-state index in [1.165, 1.54) is 0 Å². The van der Waals surface area contributed by atoms with Crippen LogP contribution in [0.3, 0.4) is 0 Å². The third-order valence-corrected chi connectivity index (χ3v) is 5.19. The molecule has 27 heavy (non-hydrogen) atoms. The summed E-state index contributed by atoms with van der Waals surface area (Å²) in [5.41, 5.74) is 0.732. The minimum Gasteiger partial charge on any atom is -0.324 e. The van der Waals surface area contributed by atoms with Crippen molar-refractivity contribution in [2.45, 2.75) is 38.6 Å². The molecule has 0 radical (unpaired) electrons. The Balaban J connectivity index is 1.55. The molecule has 0 N–H and O–H groups in total. The first-order chi connectivity index (χ1) is 13.0. The Morgan fingerprint density at radius 1 is 1.19 bits per heavy atom. The number of piperidine rings is 1. The quantitative estimate of drug-likeness (QED) is 0.630. The third-order valence-electron chi connectivity index (χ3n) is 4.75. The van der Waals surface area contributed by atoms with Gasteiger partial charge in [0.15, 0.2) is 0 Å². The van der Waals surface area contributed by atoms with Crippen molar-refractivity contribution in [3.05, 3.63) is 40.4 Å². The summed E-state index contributed by atoms with van der Waals surface area (Å²) in [6.45, 7) is 5.90. The molecule has 1 aromatic carbocycles. The van der Waals surface area contributed by atoms with E-state index in [-0.39, 0.29) is 5.92 Å². The van der Waals surface area contributed by atoms with Gasteiger partial charge in [-0.3, -0.25) is 0 Å². The van der Waals surface area contributed by atoms with Gasteiger partial charge in [-0.1, -0.05) is 28.4 Å². The van der Waals surface area contributed by atoms with Crippen LogP contribution in [0, 0.1) is 0 Å². The summed E-state index contributed by atoms with van der Waals surface area (Å²) in [5.74, 6) is 1.76. The van der Waals surface area contributed by atoms with E-state index < -0.39 is 0 Å². The highest BCUT2D eigenvalue weighted by Crippen LogP contribution is 2.31. The zero-order chi connectivity index (χ0) is 19.0. The molecule has 0 bridgehead atoms. The molecular weight excluding hydrogens is 387 g/mol. The zero-order valence-corrected chi connectivity index (χ0v) is 16.7. The van der Waals surface area contributed by atoms with E-state index in [1.807, 2.05) is 0 Å². The second kappa shape index (κ2) is 7.48. The van der Waals surface area contributed by atoms with Gasteiger partial charge in [-0.25, -0.2) is 0 Å². The molecule has 142 valence electrons. The fourth-order valence-electron chi connectivity index (χ4n) is 3.45. The van der Waals surface area contributed by atoms with Crippen LogP contribution in [0.25, 0.3) is 11.4 Å². The first-order valence-corrected chi connectivity index (χ1v) is 9.71. The van der Waals surface area contributed by atoms with E-state index in [9.17, 15) is 0 Å². The van der Waals surface area contributed by atoms with E-state index >= 15 is 0 Å². The van der Waals surface area contributed by atoms with Crippen molar-refractivity contribution in [1.29, 1.82) is 0 Å². The first-order valence-electron chi connectivity index (χ1n) is 8.96. The van der Waals surface area contributed by atoms with Gasteiger partial charge < -0.3 is 14.0 Å². The van der Waals surface area contributed by atoms with Gasteiger partial charge in [0.1, 0.15) is 12.2 Å². The average molecular weight is 407 g/mol. The normalized spacial score (nSPS) is 17.7. The number of benzene rings is 1. The fourth-order valence-corrected chi connectivity index (χ4v) is 3.97. The number of anilines is 1. The number of nitrogens with zero attached hydrogens (tertiary/aromatic N) is 6. The topological polar surface area (TPSA) is 72.9 Å². The number of aromatic nitrogens is 5. The molecule has 0 aliphatic carbocycles. The molecule has 1 aliphatic rings. The Morgan fingerprint density at radius 3 is 2.70 bits per heavy atom. The van der Waals surface area contributed by atoms with Crippen molar-refractivity contribution in [2.75, 3.05) is 18.0 Å². The van der Waals surface area contributed by atoms with Crippen molar-refractivity contribution in [2.24, 2.45) is 0 Å². The minimum atomic E-state index is 0.277. The maximum absolute atomic E-state index is 6.08. The van der Waals surface area contributed by atoms with Crippen LogP contribution in [-0.4, -0.2) is 38.0 Å². The van der Waals surface area contributed by atoms with Crippen molar-refractivity contribution in [3.63, 3.8) is 0 Å². The molecule has 3 aromatic rings. The lowest BCUT2D eigenvalue weighted by Gasteiger charge is -2.31. The summed E-state index contributed by atoms with van der Waals surface area (Å²) >= 11 is 12.2. The molecule has 1 saturated heterocycles. The lowest BCUT2D eigenvalue weighted by molar-refractivity contribution is 0.385. The molecule has 0 spiro atoms. The highest BCUT2D eigenvalue weighted by atomic mass is 35.5. The van der Waals surface area contributed by atoms with Crippen molar-refractivity contribution in [3.8, 4) is 11.4 Å². The van der Waals surface area contributed by atoms with Gasteiger partial charge in [0.05, 0.1) is 0 Å². The SMILES string of the molecule is CC(C)n1cnnc1C1CCCN(c2nc(-c3cc(Cl)cc(Cl)c3)no2)C1. The van der Waals surface area contributed by atoms with Crippen molar-refractivity contribution in [1.82, 2.24) is 24.9 Å². The van der Waals surface area contributed by atoms with Gasteiger partial charge in [0.2, 0.25) is 5.82 Å². The number of hydrogen-bond donors (Lipinski definition) is 0. The monoisotopic (exact) mass is 406 g/mol. The first kappa shape index (κ1) is 18.3. The standard InChI is InChI=1S/C18H20Cl2N6O/c1-11(2)26-10-21-23-17(26)12-4-3-5-25(9-12)18-22-16(24-27-18)13-6-14(19)8-15(20)7-13/h6-8,10-12H,3-5,9H2,1-2H3. The molecule has 7 nitrogen and oxygen atoms in total. The van der Waals surface area contributed by atoms with E-state index in [0.717, 1.165) is 37.3 Å². The molecule has 1 unspecified atom stereocenters. The minimum absolute atomic E-state index is 0.277. The lowest BCUT2D eigenvalue weighted by atomic mass is 9.97. The molecule has 0 amide bonds. The van der Waals surface area contributed by atoms with Crippen LogP contribution in [0.15, 0.2) is 29.0 Å². The van der Waals surface area contributed by atoms with Crippen LogP contribution < -0.4 is 4.90 Å². The fraction of sp³-hybridized carbons (Fsp3) is 0.444. The largest absolute Gasteiger partial charge is 0.324 e. The lowest BCUT2D eigenvalue weighted by Crippen LogP contribution is -2.35. The average Bonchev–Trinajstić information content (AvgIpc) is 3.31. The predicted molar refractivity (Wildman–Crippen MR) is 104 cm³/mol. The number of rotatable bonds is 4. The van der Waals surface area contributed by atoms with Crippen LogP contribution in [-0.2, 0) is 0 Å². The van der Waals surface area contributed by atoms with Gasteiger partial charge in [0.25, 0.3) is 0 Å². The van der Waals surface area contributed by atoms with Crippen LogP contribution in [0.5, 0.6) is 0 Å². The van der Waals surface area contributed by atoms with E-state index in [1.54, 1.807) is 24.5 Å². The summed E-state index contributed by atoms with van der Waals surface area (Å²) in [6.07, 6.45) is 3.88. The van der Waals surface area contributed by atoms with Gasteiger partial charge in [-0.2, -0.15) is 4.98 Å². The van der Waals surface area contributed by atoms with E-state index in [4.69, 9.17) is 27.7 Å². The summed E-state index contributed by atoms with van der Waals surface area (Å²) in [4.78, 5) is 6.66. The molecule has 9 heteroatoms. The second-order valence-corrected chi connectivity index (χ2v) is 7.91. The number of halogens is 2. The van der Waals surface area contributed by atoms with E-state index in [2.05, 4.69) is 43.7 Å². The summed E-state index contributed by atoms with van der Waals surface area (Å²) < 4.78 is 7.64. The molecule has 1 fully saturated rings. The van der Waals surface area contributed by atoms with Crippen molar-refractivity contribution >= 4 is 29.2 Å². The Morgan fingerprint density at radius 2 is 1.96 bits per heavy atom. The Labute approximate surface area is 167 Å². The highest BCUT2D eigenvalue weighted by molar-refractivity contribution is 6.35. The highest BCUT2D eigenvalue weighted by Gasteiger charge is 2.28. The van der Waals surface area contributed by atoms with Crippen LogP contribution in [0.1, 0.15) is 44.5 Å².